The van der Waals surface area contributed by atoms with Crippen molar-refractivity contribution in [2.24, 2.45) is 0 Å². The van der Waals surface area contributed by atoms with Gasteiger partial charge in [-0.3, -0.25) is 9.59 Å². The molecule has 4 aromatic rings. The molecule has 0 aliphatic carbocycles. The van der Waals surface area contributed by atoms with Gasteiger partial charge in [-0.15, -0.1) is 0 Å². The summed E-state index contributed by atoms with van der Waals surface area (Å²) in [5.74, 6) is -0.725. The number of carbonyl (C=O) groups is 2. The van der Waals surface area contributed by atoms with Crippen molar-refractivity contribution in [2.75, 3.05) is 11.9 Å². The quantitative estimate of drug-likeness (QED) is 0.238. The number of nitrogens with one attached hydrogen (secondary N) is 2. The van der Waals surface area contributed by atoms with Gasteiger partial charge in [-0.25, -0.2) is 13.1 Å². The van der Waals surface area contributed by atoms with Crippen LogP contribution in [-0.4, -0.2) is 26.7 Å². The molecule has 0 radical (unpaired) electrons. The number of ketones is 1. The molecule has 0 saturated heterocycles. The highest BCUT2D eigenvalue weighted by Crippen LogP contribution is 2.28. The van der Waals surface area contributed by atoms with Gasteiger partial charge in [-0.05, 0) is 42.0 Å². The third-order valence-electron chi connectivity index (χ3n) is 5.42. The van der Waals surface area contributed by atoms with E-state index < -0.39 is 22.5 Å². The van der Waals surface area contributed by atoms with Crippen LogP contribution in [-0.2, 0) is 21.4 Å². The molecule has 4 aromatic carbocycles. The van der Waals surface area contributed by atoms with Crippen LogP contribution in [0.3, 0.4) is 0 Å². The predicted octanol–water partition coefficient (Wildman–Crippen LogP) is 5.72. The van der Waals surface area contributed by atoms with E-state index in [1.807, 2.05) is 30.3 Å². The lowest BCUT2D eigenvalue weighted by Crippen LogP contribution is -2.23. The summed E-state index contributed by atoms with van der Waals surface area (Å²) >= 11 is 12.3. The summed E-state index contributed by atoms with van der Waals surface area (Å²) in [5, 5.41) is 3.02. The molecular formula is C28H22Cl2N2O5S. The Morgan fingerprint density at radius 2 is 1.50 bits per heavy atom. The largest absolute Gasteiger partial charge is 0.482 e. The molecule has 7 nitrogen and oxygen atoms in total. The van der Waals surface area contributed by atoms with E-state index >= 15 is 0 Å². The van der Waals surface area contributed by atoms with Crippen molar-refractivity contribution in [3.05, 3.63) is 124 Å². The van der Waals surface area contributed by atoms with Crippen molar-refractivity contribution in [3.8, 4) is 5.75 Å². The summed E-state index contributed by atoms with van der Waals surface area (Å²) < 4.78 is 33.3. The van der Waals surface area contributed by atoms with Crippen molar-refractivity contribution in [3.63, 3.8) is 0 Å². The van der Waals surface area contributed by atoms with E-state index in [-0.39, 0.29) is 39.2 Å². The van der Waals surface area contributed by atoms with Gasteiger partial charge in [0.2, 0.25) is 10.0 Å². The fourth-order valence-electron chi connectivity index (χ4n) is 3.51. The van der Waals surface area contributed by atoms with Gasteiger partial charge >= 0.3 is 0 Å². The second-order valence-corrected chi connectivity index (χ2v) is 10.7. The average molecular weight is 569 g/mol. The third kappa shape index (κ3) is 6.99. The molecule has 0 heterocycles. The van der Waals surface area contributed by atoms with Gasteiger partial charge < -0.3 is 10.1 Å². The molecule has 0 fully saturated rings. The van der Waals surface area contributed by atoms with E-state index in [4.69, 9.17) is 27.9 Å². The maximum atomic E-state index is 13.0. The first-order valence-electron chi connectivity index (χ1n) is 11.4. The van der Waals surface area contributed by atoms with E-state index in [0.29, 0.717) is 10.6 Å². The van der Waals surface area contributed by atoms with Crippen molar-refractivity contribution < 1.29 is 22.7 Å². The van der Waals surface area contributed by atoms with Gasteiger partial charge in [-0.2, -0.15) is 0 Å². The lowest BCUT2D eigenvalue weighted by atomic mass is 10.0. The number of amides is 1. The summed E-state index contributed by atoms with van der Waals surface area (Å²) in [6.07, 6.45) is 0. The topological polar surface area (TPSA) is 102 Å². The Kier molecular flexibility index (Phi) is 8.81. The summed E-state index contributed by atoms with van der Waals surface area (Å²) in [6.45, 7) is -0.307. The molecule has 0 unspecified atom stereocenters. The molecule has 2 N–H and O–H groups in total. The summed E-state index contributed by atoms with van der Waals surface area (Å²) in [5.41, 5.74) is 1.76. The Balaban J connectivity index is 1.40. The standard InChI is InChI=1S/C28H22Cl2N2O5S/c29-21-11-13-25(23(15-21)28(34)20-9-5-2-6-10-20)32-27(33)18-37-26-14-12-22(16-24(26)30)38(35,36)31-17-19-7-3-1-4-8-19/h1-16,31H,17-18H2,(H,32,33). The number of carbonyl (C=O) groups excluding carboxylic acids is 2. The maximum absolute atomic E-state index is 13.0. The number of benzene rings is 4. The maximum Gasteiger partial charge on any atom is 0.262 e. The number of sulfonamides is 1. The van der Waals surface area contributed by atoms with Crippen LogP contribution in [0.25, 0.3) is 0 Å². The Morgan fingerprint density at radius 3 is 2.18 bits per heavy atom. The van der Waals surface area contributed by atoms with Crippen LogP contribution in [0.15, 0.2) is 102 Å². The van der Waals surface area contributed by atoms with Gasteiger partial charge in [0.05, 0.1) is 15.6 Å². The first kappa shape index (κ1) is 27.3. The highest BCUT2D eigenvalue weighted by atomic mass is 35.5. The SMILES string of the molecule is O=C(COc1ccc(S(=O)(=O)NCc2ccccc2)cc1Cl)Nc1ccc(Cl)cc1C(=O)c1ccccc1. The van der Waals surface area contributed by atoms with Gasteiger partial charge in [-0.1, -0.05) is 83.9 Å². The van der Waals surface area contributed by atoms with Crippen LogP contribution in [0.4, 0.5) is 5.69 Å². The van der Waals surface area contributed by atoms with Gasteiger partial charge in [0, 0.05) is 22.7 Å². The monoisotopic (exact) mass is 568 g/mol. The lowest BCUT2D eigenvalue weighted by molar-refractivity contribution is -0.118. The number of anilines is 1. The molecule has 38 heavy (non-hydrogen) atoms. The van der Waals surface area contributed by atoms with Crippen LogP contribution in [0, 0.1) is 0 Å². The lowest BCUT2D eigenvalue weighted by Gasteiger charge is -2.13. The number of rotatable bonds is 10. The fraction of sp³-hybridized carbons (Fsp3) is 0.0714. The molecular weight excluding hydrogens is 547 g/mol. The van der Waals surface area contributed by atoms with Crippen molar-refractivity contribution in [1.29, 1.82) is 0 Å². The Morgan fingerprint density at radius 1 is 0.816 bits per heavy atom. The minimum absolute atomic E-state index is 0.0202. The fourth-order valence-corrected chi connectivity index (χ4v) is 5.03. The van der Waals surface area contributed by atoms with E-state index in [1.54, 1.807) is 36.4 Å². The smallest absolute Gasteiger partial charge is 0.262 e. The van der Waals surface area contributed by atoms with Crippen LogP contribution in [0.2, 0.25) is 10.0 Å². The van der Waals surface area contributed by atoms with E-state index in [1.165, 1.54) is 30.3 Å². The molecule has 0 aromatic heterocycles. The zero-order valence-electron chi connectivity index (χ0n) is 19.9. The van der Waals surface area contributed by atoms with Crippen LogP contribution < -0.4 is 14.8 Å². The molecule has 4 rings (SSSR count). The molecule has 0 saturated carbocycles. The van der Waals surface area contributed by atoms with E-state index in [9.17, 15) is 18.0 Å². The molecule has 194 valence electrons. The zero-order chi connectivity index (χ0) is 27.1. The molecule has 0 bridgehead atoms. The number of ether oxygens (including phenoxy) is 1. The zero-order valence-corrected chi connectivity index (χ0v) is 22.2. The highest BCUT2D eigenvalue weighted by molar-refractivity contribution is 7.89. The normalized spacial score (nSPS) is 11.1. The van der Waals surface area contributed by atoms with Gasteiger partial charge in [0.15, 0.2) is 12.4 Å². The third-order valence-corrected chi connectivity index (χ3v) is 7.35. The number of hydrogen-bond acceptors (Lipinski definition) is 5. The molecule has 0 atom stereocenters. The van der Waals surface area contributed by atoms with Crippen LogP contribution >= 0.6 is 23.2 Å². The summed E-state index contributed by atoms with van der Waals surface area (Å²) in [6, 6.07) is 26.2. The molecule has 1 amide bonds. The predicted molar refractivity (Wildman–Crippen MR) is 147 cm³/mol. The van der Waals surface area contributed by atoms with Crippen LogP contribution in [0.1, 0.15) is 21.5 Å². The average Bonchev–Trinajstić information content (AvgIpc) is 2.93. The van der Waals surface area contributed by atoms with E-state index in [0.717, 1.165) is 5.56 Å². The molecule has 0 aliphatic rings. The minimum atomic E-state index is -3.82. The number of hydrogen-bond donors (Lipinski definition) is 2. The molecule has 0 spiro atoms. The molecule has 10 heteroatoms. The van der Waals surface area contributed by atoms with Gasteiger partial charge in [0.25, 0.3) is 5.91 Å². The first-order chi connectivity index (χ1) is 18.2. The van der Waals surface area contributed by atoms with Crippen molar-refractivity contribution in [2.45, 2.75) is 11.4 Å². The summed E-state index contributed by atoms with van der Waals surface area (Å²) in [4.78, 5) is 25.5. The Labute approximate surface area is 230 Å². The van der Waals surface area contributed by atoms with Crippen molar-refractivity contribution >= 4 is 50.6 Å². The number of halogens is 2. The summed E-state index contributed by atoms with van der Waals surface area (Å²) in [7, 11) is -3.82. The highest BCUT2D eigenvalue weighted by Gasteiger charge is 2.18. The minimum Gasteiger partial charge on any atom is -0.482 e. The Hall–Kier alpha value is -3.69. The first-order valence-corrected chi connectivity index (χ1v) is 13.6. The van der Waals surface area contributed by atoms with Gasteiger partial charge in [0.1, 0.15) is 5.75 Å². The van der Waals surface area contributed by atoms with E-state index in [2.05, 4.69) is 10.0 Å². The second kappa shape index (κ2) is 12.2. The Bertz CT molecular complexity index is 1560. The van der Waals surface area contributed by atoms with Crippen LogP contribution in [0.5, 0.6) is 5.75 Å². The van der Waals surface area contributed by atoms with Crippen molar-refractivity contribution in [1.82, 2.24) is 4.72 Å². The second-order valence-electron chi connectivity index (χ2n) is 8.12. The molecule has 0 aliphatic heterocycles.